The Morgan fingerprint density at radius 3 is 2.65 bits per heavy atom. The summed E-state index contributed by atoms with van der Waals surface area (Å²) in [5.41, 5.74) is 1.31. The van der Waals surface area contributed by atoms with Crippen LogP contribution in [-0.2, 0) is 6.54 Å². The normalized spacial score (nSPS) is 15.0. The largest absolute Gasteiger partial charge is 0.496 e. The Kier molecular flexibility index (Phi) is 5.68. The molecule has 0 spiro atoms. The van der Waals surface area contributed by atoms with Gasteiger partial charge in [-0.15, -0.1) is 0 Å². The summed E-state index contributed by atoms with van der Waals surface area (Å²) in [6.07, 6.45) is 0. The minimum atomic E-state index is -0.211. The first kappa shape index (κ1) is 18.1. The Morgan fingerprint density at radius 1 is 1.19 bits per heavy atom. The predicted molar refractivity (Wildman–Crippen MR) is 101 cm³/mol. The van der Waals surface area contributed by atoms with Gasteiger partial charge < -0.3 is 19.9 Å². The summed E-state index contributed by atoms with van der Waals surface area (Å²) in [6, 6.07) is 9.41. The van der Waals surface area contributed by atoms with Crippen LogP contribution in [0.1, 0.15) is 21.9 Å². The van der Waals surface area contributed by atoms with Crippen molar-refractivity contribution < 1.29 is 9.53 Å². The number of likely N-dealkylation sites (N-methyl/N-ethyl adjacent to an activating group) is 1. The van der Waals surface area contributed by atoms with Crippen LogP contribution < -0.4 is 15.0 Å². The van der Waals surface area contributed by atoms with Gasteiger partial charge in [-0.05, 0) is 20.0 Å². The molecule has 0 aliphatic carbocycles. The van der Waals surface area contributed by atoms with E-state index in [1.807, 2.05) is 31.2 Å². The summed E-state index contributed by atoms with van der Waals surface area (Å²) in [5, 5.41) is 2.92. The molecule has 2 aromatic rings. The van der Waals surface area contributed by atoms with Gasteiger partial charge in [-0.1, -0.05) is 18.2 Å². The Bertz CT molecular complexity index is 772. The van der Waals surface area contributed by atoms with E-state index in [1.54, 1.807) is 13.2 Å². The van der Waals surface area contributed by atoms with Crippen molar-refractivity contribution in [3.05, 3.63) is 47.4 Å². The molecule has 0 radical (unpaired) electrons. The quantitative estimate of drug-likeness (QED) is 0.876. The van der Waals surface area contributed by atoms with Gasteiger partial charge in [0, 0.05) is 44.4 Å². The van der Waals surface area contributed by atoms with Crippen molar-refractivity contribution in [1.82, 2.24) is 20.2 Å². The number of amides is 1. The summed E-state index contributed by atoms with van der Waals surface area (Å²) >= 11 is 0. The third-order valence-corrected chi connectivity index (χ3v) is 4.52. The van der Waals surface area contributed by atoms with Gasteiger partial charge in [0.15, 0.2) is 0 Å². The van der Waals surface area contributed by atoms with E-state index in [4.69, 9.17) is 4.74 Å². The maximum Gasteiger partial charge on any atom is 0.270 e. The number of aromatic nitrogens is 2. The number of methoxy groups -OCH3 is 1. The van der Waals surface area contributed by atoms with E-state index in [2.05, 4.69) is 32.1 Å². The molecule has 2 heterocycles. The molecule has 1 saturated heterocycles. The van der Waals surface area contributed by atoms with Gasteiger partial charge in [-0.25, -0.2) is 9.97 Å². The standard InChI is InChI=1S/C19H25N5O2/c1-14-21-16(12-18(22-14)24-10-8-23(2)9-11-24)19(25)20-13-15-6-4-5-7-17(15)26-3/h4-7,12H,8-11,13H2,1-3H3,(H,20,25). The highest BCUT2D eigenvalue weighted by Crippen LogP contribution is 2.18. The van der Waals surface area contributed by atoms with E-state index >= 15 is 0 Å². The maximum absolute atomic E-state index is 12.6. The van der Waals surface area contributed by atoms with Crippen LogP contribution in [0.3, 0.4) is 0 Å². The number of ether oxygens (including phenoxy) is 1. The van der Waals surface area contributed by atoms with Crippen LogP contribution >= 0.6 is 0 Å². The molecule has 0 saturated carbocycles. The Labute approximate surface area is 154 Å². The fourth-order valence-corrected chi connectivity index (χ4v) is 2.98. The fourth-order valence-electron chi connectivity index (χ4n) is 2.98. The maximum atomic E-state index is 12.6. The number of hydrogen-bond donors (Lipinski definition) is 1. The van der Waals surface area contributed by atoms with Crippen molar-refractivity contribution >= 4 is 11.7 Å². The summed E-state index contributed by atoms with van der Waals surface area (Å²) in [6.45, 7) is 5.97. The van der Waals surface area contributed by atoms with Crippen LogP contribution in [0.2, 0.25) is 0 Å². The highest BCUT2D eigenvalue weighted by Gasteiger charge is 2.18. The number of carbonyl (C=O) groups excluding carboxylic acids is 1. The lowest BCUT2D eigenvalue weighted by Gasteiger charge is -2.33. The van der Waals surface area contributed by atoms with Crippen LogP contribution in [0, 0.1) is 6.92 Å². The van der Waals surface area contributed by atoms with Crippen molar-refractivity contribution in [2.75, 3.05) is 45.2 Å². The molecule has 7 heteroatoms. The molecule has 1 fully saturated rings. The lowest BCUT2D eigenvalue weighted by molar-refractivity contribution is 0.0945. The molecular formula is C19H25N5O2. The summed E-state index contributed by atoms with van der Waals surface area (Å²) in [5.74, 6) is 1.96. The van der Waals surface area contributed by atoms with Gasteiger partial charge in [0.05, 0.1) is 7.11 Å². The second kappa shape index (κ2) is 8.14. The zero-order valence-electron chi connectivity index (χ0n) is 15.5. The Balaban J connectivity index is 1.71. The summed E-state index contributed by atoms with van der Waals surface area (Å²) < 4.78 is 5.32. The van der Waals surface area contributed by atoms with Gasteiger partial charge in [0.2, 0.25) is 0 Å². The lowest BCUT2D eigenvalue weighted by Crippen LogP contribution is -2.45. The monoisotopic (exact) mass is 355 g/mol. The van der Waals surface area contributed by atoms with Gasteiger partial charge in [-0.3, -0.25) is 4.79 Å². The first-order valence-corrected chi connectivity index (χ1v) is 8.76. The van der Waals surface area contributed by atoms with Gasteiger partial charge in [-0.2, -0.15) is 0 Å². The van der Waals surface area contributed by atoms with E-state index in [1.165, 1.54) is 0 Å². The van der Waals surface area contributed by atoms with E-state index in [0.717, 1.165) is 43.3 Å². The van der Waals surface area contributed by atoms with Crippen LogP contribution in [0.15, 0.2) is 30.3 Å². The van der Waals surface area contributed by atoms with E-state index in [-0.39, 0.29) is 5.91 Å². The topological polar surface area (TPSA) is 70.6 Å². The average molecular weight is 355 g/mol. The molecule has 1 aromatic carbocycles. The molecular weight excluding hydrogens is 330 g/mol. The molecule has 26 heavy (non-hydrogen) atoms. The number of rotatable bonds is 5. The third kappa shape index (κ3) is 4.29. The first-order chi connectivity index (χ1) is 12.6. The minimum Gasteiger partial charge on any atom is -0.496 e. The van der Waals surface area contributed by atoms with E-state index in [0.29, 0.717) is 18.1 Å². The lowest BCUT2D eigenvalue weighted by atomic mass is 10.2. The minimum absolute atomic E-state index is 0.211. The zero-order valence-corrected chi connectivity index (χ0v) is 15.5. The van der Waals surface area contributed by atoms with Crippen molar-refractivity contribution in [3.63, 3.8) is 0 Å². The number of hydrogen-bond acceptors (Lipinski definition) is 6. The highest BCUT2D eigenvalue weighted by molar-refractivity contribution is 5.93. The average Bonchev–Trinajstić information content (AvgIpc) is 2.66. The number of carbonyl (C=O) groups is 1. The molecule has 1 aromatic heterocycles. The van der Waals surface area contributed by atoms with Crippen LogP contribution in [0.4, 0.5) is 5.82 Å². The Hall–Kier alpha value is -2.67. The van der Waals surface area contributed by atoms with Gasteiger partial charge >= 0.3 is 0 Å². The first-order valence-electron chi connectivity index (χ1n) is 8.76. The molecule has 1 N–H and O–H groups in total. The molecule has 138 valence electrons. The van der Waals surface area contributed by atoms with E-state index in [9.17, 15) is 4.79 Å². The number of benzene rings is 1. The number of anilines is 1. The fraction of sp³-hybridized carbons (Fsp3) is 0.421. The van der Waals surface area contributed by atoms with Crippen molar-refractivity contribution in [2.45, 2.75) is 13.5 Å². The van der Waals surface area contributed by atoms with E-state index < -0.39 is 0 Å². The van der Waals surface area contributed by atoms with Crippen molar-refractivity contribution in [1.29, 1.82) is 0 Å². The SMILES string of the molecule is COc1ccccc1CNC(=O)c1cc(N2CCN(C)CC2)nc(C)n1. The molecule has 7 nitrogen and oxygen atoms in total. The van der Waals surface area contributed by atoms with Gasteiger partial charge in [0.1, 0.15) is 23.1 Å². The molecule has 1 aliphatic heterocycles. The zero-order chi connectivity index (χ0) is 18.5. The summed E-state index contributed by atoms with van der Waals surface area (Å²) in [7, 11) is 3.73. The smallest absolute Gasteiger partial charge is 0.270 e. The second-order valence-electron chi connectivity index (χ2n) is 6.44. The Morgan fingerprint density at radius 2 is 1.92 bits per heavy atom. The number of nitrogens with one attached hydrogen (secondary N) is 1. The molecule has 0 atom stereocenters. The molecule has 1 aliphatic rings. The number of piperazine rings is 1. The van der Waals surface area contributed by atoms with Crippen LogP contribution in [0.5, 0.6) is 5.75 Å². The molecule has 0 unspecified atom stereocenters. The van der Waals surface area contributed by atoms with Crippen molar-refractivity contribution in [2.24, 2.45) is 0 Å². The number of aryl methyl sites for hydroxylation is 1. The predicted octanol–water partition coefficient (Wildman–Crippen LogP) is 1.48. The molecule has 1 amide bonds. The number of nitrogens with zero attached hydrogens (tertiary/aromatic N) is 4. The molecule has 3 rings (SSSR count). The third-order valence-electron chi connectivity index (χ3n) is 4.52. The number of para-hydroxylation sites is 1. The van der Waals surface area contributed by atoms with Crippen LogP contribution in [0.25, 0.3) is 0 Å². The second-order valence-corrected chi connectivity index (χ2v) is 6.44. The summed E-state index contributed by atoms with van der Waals surface area (Å²) in [4.78, 5) is 25.9. The van der Waals surface area contributed by atoms with Crippen molar-refractivity contribution in [3.8, 4) is 5.75 Å². The highest BCUT2D eigenvalue weighted by atomic mass is 16.5. The van der Waals surface area contributed by atoms with Crippen LogP contribution in [-0.4, -0.2) is 61.1 Å². The molecule has 0 bridgehead atoms. The van der Waals surface area contributed by atoms with Gasteiger partial charge in [0.25, 0.3) is 5.91 Å².